The molecule has 1 saturated carbocycles. The molecule has 0 spiro atoms. The Bertz CT molecular complexity index is 483. The van der Waals surface area contributed by atoms with E-state index in [1.165, 1.54) is 13.3 Å². The Labute approximate surface area is 136 Å². The predicted molar refractivity (Wildman–Crippen MR) is 82.4 cm³/mol. The molecule has 0 aromatic carbocycles. The molecule has 3 rings (SSSR count). The Kier molecular flexibility index (Phi) is 5.08. The van der Waals surface area contributed by atoms with Crippen molar-refractivity contribution < 1.29 is 23.8 Å². The molecule has 6 heteroatoms. The van der Waals surface area contributed by atoms with Gasteiger partial charge in [0, 0.05) is 19.5 Å². The van der Waals surface area contributed by atoms with Crippen LogP contribution in [0.5, 0.6) is 0 Å². The van der Waals surface area contributed by atoms with Gasteiger partial charge in [0.15, 0.2) is 0 Å². The van der Waals surface area contributed by atoms with Crippen LogP contribution in [0.15, 0.2) is 11.8 Å². The number of esters is 1. The lowest BCUT2D eigenvalue weighted by Gasteiger charge is -2.45. The predicted octanol–water partition coefficient (Wildman–Crippen LogP) is 3.11. The maximum atomic E-state index is 12.2. The molecule has 23 heavy (non-hydrogen) atoms. The first-order valence-electron chi connectivity index (χ1n) is 8.68. The lowest BCUT2D eigenvalue weighted by molar-refractivity contribution is -0.167. The molecule has 0 aromatic heterocycles. The van der Waals surface area contributed by atoms with Crippen LogP contribution in [0.2, 0.25) is 0 Å². The normalized spacial score (nSPS) is 25.5. The van der Waals surface area contributed by atoms with Crippen molar-refractivity contribution in [2.24, 2.45) is 0 Å². The second kappa shape index (κ2) is 7.23. The van der Waals surface area contributed by atoms with E-state index in [2.05, 4.69) is 4.90 Å². The minimum atomic E-state index is -0.943. The summed E-state index contributed by atoms with van der Waals surface area (Å²) in [6.07, 6.45) is 8.37. The molecule has 6 nitrogen and oxygen atoms in total. The molecule has 2 heterocycles. The number of fused-ring (bicyclic) bond motifs is 1. The zero-order valence-corrected chi connectivity index (χ0v) is 13.7. The first kappa shape index (κ1) is 16.1. The minimum Gasteiger partial charge on any atom is -0.431 e. The van der Waals surface area contributed by atoms with Crippen LogP contribution in [0.25, 0.3) is 0 Å². The van der Waals surface area contributed by atoms with Crippen LogP contribution >= 0.6 is 0 Å². The van der Waals surface area contributed by atoms with Gasteiger partial charge in [0.1, 0.15) is 11.8 Å². The van der Waals surface area contributed by atoms with E-state index in [1.807, 2.05) is 6.08 Å². The number of allylic oxidation sites excluding steroid dienone is 1. The number of rotatable bonds is 4. The van der Waals surface area contributed by atoms with Crippen molar-refractivity contribution in [2.45, 2.75) is 76.7 Å². The van der Waals surface area contributed by atoms with E-state index < -0.39 is 18.4 Å². The van der Waals surface area contributed by atoms with E-state index in [-0.39, 0.29) is 6.10 Å². The van der Waals surface area contributed by atoms with Crippen molar-refractivity contribution in [3.8, 4) is 0 Å². The van der Waals surface area contributed by atoms with Crippen molar-refractivity contribution >= 4 is 12.1 Å². The monoisotopic (exact) mass is 323 g/mol. The van der Waals surface area contributed by atoms with Crippen LogP contribution in [-0.4, -0.2) is 42.0 Å². The molecule has 0 N–H and O–H groups in total. The molecule has 0 aromatic rings. The molecule has 2 aliphatic heterocycles. The summed E-state index contributed by atoms with van der Waals surface area (Å²) in [5, 5.41) is 0. The number of hydrogen-bond donors (Lipinski definition) is 0. The zero-order valence-electron chi connectivity index (χ0n) is 13.7. The van der Waals surface area contributed by atoms with E-state index >= 15 is 0 Å². The molecule has 1 aliphatic carbocycles. The van der Waals surface area contributed by atoms with E-state index in [0.717, 1.165) is 51.5 Å². The molecule has 0 amide bonds. The van der Waals surface area contributed by atoms with E-state index in [1.54, 1.807) is 0 Å². The highest BCUT2D eigenvalue weighted by atomic mass is 16.8. The maximum Gasteiger partial charge on any atom is 0.511 e. The Hall–Kier alpha value is -1.72. The van der Waals surface area contributed by atoms with Crippen molar-refractivity contribution in [3.63, 3.8) is 0 Å². The fourth-order valence-electron chi connectivity index (χ4n) is 3.51. The van der Waals surface area contributed by atoms with Gasteiger partial charge in [0.05, 0.1) is 0 Å². The summed E-state index contributed by atoms with van der Waals surface area (Å²) in [4.78, 5) is 26.0. The highest BCUT2D eigenvalue weighted by Crippen LogP contribution is 2.31. The van der Waals surface area contributed by atoms with Gasteiger partial charge in [0.2, 0.25) is 6.29 Å². The molecule has 2 fully saturated rings. The molecule has 128 valence electrons. The Morgan fingerprint density at radius 1 is 1.13 bits per heavy atom. The average Bonchev–Trinajstić information content (AvgIpc) is 2.48. The Morgan fingerprint density at radius 3 is 2.61 bits per heavy atom. The van der Waals surface area contributed by atoms with Gasteiger partial charge in [-0.15, -0.1) is 0 Å². The van der Waals surface area contributed by atoms with E-state index in [0.29, 0.717) is 11.7 Å². The van der Waals surface area contributed by atoms with Crippen LogP contribution in [0.3, 0.4) is 0 Å². The van der Waals surface area contributed by atoms with Crippen LogP contribution < -0.4 is 0 Å². The minimum absolute atomic E-state index is 0.0675. The van der Waals surface area contributed by atoms with Crippen molar-refractivity contribution in [1.29, 1.82) is 0 Å². The van der Waals surface area contributed by atoms with Gasteiger partial charge in [-0.05, 0) is 44.9 Å². The molecular weight excluding hydrogens is 298 g/mol. The molecular formula is C17H25NO5. The van der Waals surface area contributed by atoms with Crippen molar-refractivity contribution in [1.82, 2.24) is 4.90 Å². The van der Waals surface area contributed by atoms with Crippen LogP contribution in [0.1, 0.15) is 58.3 Å². The summed E-state index contributed by atoms with van der Waals surface area (Å²) in [7, 11) is 0. The highest BCUT2D eigenvalue weighted by Gasteiger charge is 2.36. The largest absolute Gasteiger partial charge is 0.511 e. The summed E-state index contributed by atoms with van der Waals surface area (Å²) in [5.41, 5.74) is 0.601. The summed E-state index contributed by atoms with van der Waals surface area (Å²) in [6.45, 7) is 2.43. The van der Waals surface area contributed by atoms with Gasteiger partial charge < -0.3 is 19.1 Å². The maximum absolute atomic E-state index is 12.2. The van der Waals surface area contributed by atoms with Crippen LogP contribution in [0.4, 0.5) is 4.79 Å². The molecule has 2 unspecified atom stereocenters. The quantitative estimate of drug-likeness (QED) is 0.585. The molecule has 3 aliphatic rings. The van der Waals surface area contributed by atoms with Gasteiger partial charge in [-0.3, -0.25) is 0 Å². The lowest BCUT2D eigenvalue weighted by Crippen LogP contribution is -2.50. The smallest absolute Gasteiger partial charge is 0.431 e. The molecule has 1 saturated heterocycles. The van der Waals surface area contributed by atoms with Gasteiger partial charge in [-0.2, -0.15) is 0 Å². The fraction of sp³-hybridized carbons (Fsp3) is 0.765. The number of hydrogen-bond acceptors (Lipinski definition) is 6. The number of ether oxygens (including phenoxy) is 3. The van der Waals surface area contributed by atoms with E-state index in [4.69, 9.17) is 14.2 Å². The second-order valence-corrected chi connectivity index (χ2v) is 6.52. The molecule has 0 radical (unpaired) electrons. The van der Waals surface area contributed by atoms with Crippen LogP contribution in [0, 0.1) is 0 Å². The average molecular weight is 323 g/mol. The first-order chi connectivity index (χ1) is 11.1. The molecule has 2 atom stereocenters. The Balaban J connectivity index is 1.43. The molecule has 0 bridgehead atoms. The zero-order chi connectivity index (χ0) is 16.2. The number of nitrogens with zero attached hydrogens (tertiary/aromatic N) is 1. The first-order valence-corrected chi connectivity index (χ1v) is 8.68. The summed E-state index contributed by atoms with van der Waals surface area (Å²) >= 11 is 0. The van der Waals surface area contributed by atoms with Gasteiger partial charge >= 0.3 is 12.1 Å². The Morgan fingerprint density at radius 2 is 1.91 bits per heavy atom. The van der Waals surface area contributed by atoms with Crippen molar-refractivity contribution in [3.05, 3.63) is 11.8 Å². The third-order valence-electron chi connectivity index (χ3n) is 4.85. The SMILES string of the molecule is CC(OC(=O)OC1CCCCC1)OC(=O)C1=CCCC2CCN12. The standard InChI is InChI=1S/C17H25NO5/c1-12(22-17(20)23-14-7-3-2-4-8-14)21-16(19)15-9-5-6-13-10-11-18(13)15/h9,12-14H,2-8,10-11H2,1H3. The third-order valence-corrected chi connectivity index (χ3v) is 4.85. The summed E-state index contributed by atoms with van der Waals surface area (Å²) < 4.78 is 15.5. The number of carbonyl (C=O) groups excluding carboxylic acids is 2. The van der Waals surface area contributed by atoms with Crippen molar-refractivity contribution in [2.75, 3.05) is 6.54 Å². The number of carbonyl (C=O) groups is 2. The summed E-state index contributed by atoms with van der Waals surface area (Å²) in [5.74, 6) is -0.424. The van der Waals surface area contributed by atoms with Gasteiger partial charge in [-0.1, -0.05) is 12.5 Å². The summed E-state index contributed by atoms with van der Waals surface area (Å²) in [6, 6.07) is 0.468. The highest BCUT2D eigenvalue weighted by molar-refractivity contribution is 5.88. The van der Waals surface area contributed by atoms with Gasteiger partial charge in [-0.25, -0.2) is 9.59 Å². The second-order valence-electron chi connectivity index (χ2n) is 6.52. The third kappa shape index (κ3) is 3.98. The van der Waals surface area contributed by atoms with Crippen LogP contribution in [-0.2, 0) is 19.0 Å². The lowest BCUT2D eigenvalue weighted by atomic mass is 9.92. The van der Waals surface area contributed by atoms with Gasteiger partial charge in [0.25, 0.3) is 0 Å². The van der Waals surface area contributed by atoms with E-state index in [9.17, 15) is 9.59 Å². The topological polar surface area (TPSA) is 65.1 Å². The fourth-order valence-corrected chi connectivity index (χ4v) is 3.51.